The van der Waals surface area contributed by atoms with Crippen molar-refractivity contribution in [3.8, 4) is 11.5 Å². The van der Waals surface area contributed by atoms with Gasteiger partial charge in [-0.1, -0.05) is 71.4 Å². The lowest BCUT2D eigenvalue weighted by Gasteiger charge is -2.14. The van der Waals surface area contributed by atoms with E-state index in [-0.39, 0.29) is 12.1 Å². The highest BCUT2D eigenvalue weighted by Gasteiger charge is 2.10. The minimum absolute atomic E-state index is 0.179. The molecule has 2 rings (SSSR count). The van der Waals surface area contributed by atoms with E-state index >= 15 is 0 Å². The molecule has 0 N–H and O–H groups in total. The van der Waals surface area contributed by atoms with Crippen molar-refractivity contribution in [3.63, 3.8) is 0 Å². The third-order valence-corrected chi connectivity index (χ3v) is 6.13. The molecule has 2 aromatic rings. The Labute approximate surface area is 195 Å². The van der Waals surface area contributed by atoms with Crippen LogP contribution in [0.2, 0.25) is 0 Å². The molecule has 32 heavy (non-hydrogen) atoms. The van der Waals surface area contributed by atoms with Gasteiger partial charge in [-0.3, -0.25) is 0 Å². The number of aryl methyl sites for hydroxylation is 1. The van der Waals surface area contributed by atoms with E-state index in [0.717, 1.165) is 24.5 Å². The molecule has 0 bridgehead atoms. The van der Waals surface area contributed by atoms with Gasteiger partial charge in [0, 0.05) is 0 Å². The predicted molar refractivity (Wildman–Crippen MR) is 134 cm³/mol. The maximum Gasteiger partial charge on any atom is 0.343 e. The number of benzene rings is 2. The highest BCUT2D eigenvalue weighted by Crippen LogP contribution is 2.20. The molecule has 0 radical (unpaired) electrons. The van der Waals surface area contributed by atoms with Crippen LogP contribution in [0, 0.1) is 5.92 Å². The molecule has 0 aromatic heterocycles. The van der Waals surface area contributed by atoms with E-state index in [9.17, 15) is 4.79 Å². The molecule has 0 unspecified atom stereocenters. The number of rotatable bonds is 15. The van der Waals surface area contributed by atoms with Crippen molar-refractivity contribution in [2.45, 2.75) is 98.0 Å². The fourth-order valence-electron chi connectivity index (χ4n) is 3.74. The van der Waals surface area contributed by atoms with Crippen molar-refractivity contribution >= 4 is 5.97 Å². The molecule has 3 heteroatoms. The molecule has 0 heterocycles. The highest BCUT2D eigenvalue weighted by molar-refractivity contribution is 5.91. The summed E-state index contributed by atoms with van der Waals surface area (Å²) >= 11 is 0. The molecule has 0 saturated heterocycles. The van der Waals surface area contributed by atoms with Crippen LogP contribution in [0.4, 0.5) is 0 Å². The van der Waals surface area contributed by atoms with Crippen molar-refractivity contribution in [2.75, 3.05) is 0 Å². The molecule has 2 atom stereocenters. The van der Waals surface area contributed by atoms with Crippen LogP contribution in [0.1, 0.15) is 101 Å². The largest absolute Gasteiger partial charge is 0.491 e. The molecular weight excluding hydrogens is 396 g/mol. The highest BCUT2D eigenvalue weighted by atomic mass is 16.5. The van der Waals surface area contributed by atoms with E-state index in [0.29, 0.717) is 11.3 Å². The zero-order valence-electron chi connectivity index (χ0n) is 20.6. The van der Waals surface area contributed by atoms with Gasteiger partial charge in [-0.15, -0.1) is 0 Å². The molecule has 0 amide bonds. The van der Waals surface area contributed by atoms with Gasteiger partial charge >= 0.3 is 5.97 Å². The second kappa shape index (κ2) is 14.7. The smallest absolute Gasteiger partial charge is 0.343 e. The Morgan fingerprint density at radius 3 is 2.09 bits per heavy atom. The lowest BCUT2D eigenvalue weighted by atomic mass is 9.99. The molecule has 0 fully saturated rings. The van der Waals surface area contributed by atoms with Crippen LogP contribution >= 0.6 is 0 Å². The summed E-state index contributed by atoms with van der Waals surface area (Å²) in [5.74, 6) is 1.85. The van der Waals surface area contributed by atoms with Crippen LogP contribution in [-0.2, 0) is 6.42 Å². The average molecular weight is 439 g/mol. The van der Waals surface area contributed by atoms with Crippen LogP contribution in [-0.4, -0.2) is 12.1 Å². The van der Waals surface area contributed by atoms with Crippen LogP contribution in [0.15, 0.2) is 48.5 Å². The first-order valence-electron chi connectivity index (χ1n) is 12.6. The summed E-state index contributed by atoms with van der Waals surface area (Å²) in [4.78, 5) is 12.5. The quantitative estimate of drug-likeness (QED) is 0.159. The Kier molecular flexibility index (Phi) is 11.9. The van der Waals surface area contributed by atoms with Gasteiger partial charge in [0.25, 0.3) is 0 Å². The average Bonchev–Trinajstić information content (AvgIpc) is 2.81. The fourth-order valence-corrected chi connectivity index (χ4v) is 3.74. The third kappa shape index (κ3) is 9.89. The zero-order chi connectivity index (χ0) is 23.2. The zero-order valence-corrected chi connectivity index (χ0v) is 20.6. The van der Waals surface area contributed by atoms with Crippen molar-refractivity contribution in [3.05, 3.63) is 59.7 Å². The van der Waals surface area contributed by atoms with Gasteiger partial charge in [-0.2, -0.15) is 0 Å². The Balaban J connectivity index is 1.76. The number of carbonyl (C=O) groups is 1. The van der Waals surface area contributed by atoms with Crippen LogP contribution in [0.25, 0.3) is 0 Å². The summed E-state index contributed by atoms with van der Waals surface area (Å²) in [6.45, 7) is 8.89. The van der Waals surface area contributed by atoms with Gasteiger partial charge in [-0.25, -0.2) is 4.79 Å². The van der Waals surface area contributed by atoms with Crippen LogP contribution < -0.4 is 9.47 Å². The summed E-state index contributed by atoms with van der Waals surface area (Å²) < 4.78 is 11.5. The molecule has 0 aliphatic heterocycles. The molecule has 0 saturated carbocycles. The van der Waals surface area contributed by atoms with Crippen molar-refractivity contribution < 1.29 is 14.3 Å². The summed E-state index contributed by atoms with van der Waals surface area (Å²) in [6, 6.07) is 15.1. The minimum Gasteiger partial charge on any atom is -0.491 e. The normalized spacial score (nSPS) is 12.9. The Morgan fingerprint density at radius 1 is 0.781 bits per heavy atom. The Bertz CT molecular complexity index is 764. The van der Waals surface area contributed by atoms with Gasteiger partial charge in [0.05, 0.1) is 11.7 Å². The van der Waals surface area contributed by atoms with Gasteiger partial charge in [0.15, 0.2) is 0 Å². The summed E-state index contributed by atoms with van der Waals surface area (Å²) in [5.41, 5.74) is 1.82. The monoisotopic (exact) mass is 438 g/mol. The van der Waals surface area contributed by atoms with E-state index in [2.05, 4.69) is 39.8 Å². The maximum absolute atomic E-state index is 12.5. The summed E-state index contributed by atoms with van der Waals surface area (Å²) in [5, 5.41) is 0. The van der Waals surface area contributed by atoms with Crippen LogP contribution in [0.3, 0.4) is 0 Å². The first-order valence-corrected chi connectivity index (χ1v) is 12.6. The molecular formula is C29H42O3. The second-order valence-corrected chi connectivity index (χ2v) is 9.09. The van der Waals surface area contributed by atoms with E-state index in [1.807, 2.05) is 24.3 Å². The molecule has 3 nitrogen and oxygen atoms in total. The first-order chi connectivity index (χ1) is 15.5. The number of unbranched alkanes of at least 4 members (excludes halogenated alkanes) is 4. The van der Waals surface area contributed by atoms with Crippen molar-refractivity contribution in [2.24, 2.45) is 5.92 Å². The number of ether oxygens (including phenoxy) is 2. The number of hydrogen-bond donors (Lipinski definition) is 0. The molecule has 0 aliphatic rings. The number of esters is 1. The molecule has 0 spiro atoms. The number of hydrogen-bond acceptors (Lipinski definition) is 3. The minimum atomic E-state index is -0.342. The second-order valence-electron chi connectivity index (χ2n) is 9.09. The molecule has 176 valence electrons. The third-order valence-electron chi connectivity index (χ3n) is 6.13. The van der Waals surface area contributed by atoms with Gasteiger partial charge in [-0.05, 0) is 80.5 Å². The van der Waals surface area contributed by atoms with Crippen molar-refractivity contribution in [1.82, 2.24) is 0 Å². The Hall–Kier alpha value is -2.29. The lowest BCUT2D eigenvalue weighted by molar-refractivity contribution is 0.0734. The fraction of sp³-hybridized carbons (Fsp3) is 0.552. The van der Waals surface area contributed by atoms with Crippen molar-refractivity contribution in [1.29, 1.82) is 0 Å². The predicted octanol–water partition coefficient (Wildman–Crippen LogP) is 8.40. The standard InChI is InChI=1S/C29H42O3/c1-5-7-8-9-13-24(4)31-27-21-17-26(18-22-27)29(30)32-28-19-15-25(16-20-28)14-11-10-12-23(3)6-2/h15-24H,5-14H2,1-4H3/t23-,24+/m0/s1. The molecule has 0 aliphatic carbocycles. The SMILES string of the molecule is CCCCCC[C@@H](C)Oc1ccc(C(=O)Oc2ccc(CCCC[C@@H](C)CC)cc2)cc1. The van der Waals surface area contributed by atoms with Crippen LogP contribution in [0.5, 0.6) is 11.5 Å². The first kappa shape index (κ1) is 26.0. The van der Waals surface area contributed by atoms with E-state index < -0.39 is 0 Å². The van der Waals surface area contributed by atoms with Gasteiger partial charge in [0.1, 0.15) is 11.5 Å². The summed E-state index contributed by atoms with van der Waals surface area (Å²) in [6.07, 6.45) is 12.3. The van der Waals surface area contributed by atoms with Gasteiger partial charge in [0.2, 0.25) is 0 Å². The lowest BCUT2D eigenvalue weighted by Crippen LogP contribution is -2.12. The Morgan fingerprint density at radius 2 is 1.44 bits per heavy atom. The maximum atomic E-state index is 12.5. The molecule has 2 aromatic carbocycles. The summed E-state index contributed by atoms with van der Waals surface area (Å²) in [7, 11) is 0. The van der Waals surface area contributed by atoms with E-state index in [1.54, 1.807) is 12.1 Å². The number of carbonyl (C=O) groups excluding carboxylic acids is 1. The van der Waals surface area contributed by atoms with E-state index in [1.165, 1.54) is 56.9 Å². The topological polar surface area (TPSA) is 35.5 Å². The van der Waals surface area contributed by atoms with Gasteiger partial charge < -0.3 is 9.47 Å². The van der Waals surface area contributed by atoms with E-state index in [4.69, 9.17) is 9.47 Å².